The molecule has 4 nitrogen and oxygen atoms in total. The molecular formula is C11H12FNO3. The maximum atomic E-state index is 13.2. The predicted molar refractivity (Wildman–Crippen MR) is 54.5 cm³/mol. The molecule has 0 bridgehead atoms. The average Bonchev–Trinajstić information content (AvgIpc) is 2.30. The van der Waals surface area contributed by atoms with Crippen molar-refractivity contribution in [2.24, 2.45) is 0 Å². The van der Waals surface area contributed by atoms with Gasteiger partial charge in [-0.25, -0.2) is 4.39 Å². The maximum Gasteiger partial charge on any atom is 0.144 e. The zero-order chi connectivity index (χ0) is 12.1. The van der Waals surface area contributed by atoms with Gasteiger partial charge in [0.2, 0.25) is 0 Å². The molecule has 0 saturated heterocycles. The van der Waals surface area contributed by atoms with Gasteiger partial charge in [-0.15, -0.1) is 0 Å². The molecule has 0 aliphatic rings. The molecule has 86 valence electrons. The molecule has 0 saturated carbocycles. The van der Waals surface area contributed by atoms with Crippen LogP contribution in [0, 0.1) is 17.1 Å². The maximum absolute atomic E-state index is 13.2. The fourth-order valence-corrected chi connectivity index (χ4v) is 1.35. The minimum atomic E-state index is -0.953. The van der Waals surface area contributed by atoms with Gasteiger partial charge in [0, 0.05) is 12.5 Å². The van der Waals surface area contributed by atoms with E-state index in [0.29, 0.717) is 5.56 Å². The molecule has 0 aromatic heterocycles. The number of rotatable bonds is 4. The number of methoxy groups -OCH3 is 1. The Bertz CT molecular complexity index is 414. The van der Waals surface area contributed by atoms with Gasteiger partial charge in [-0.2, -0.15) is 5.26 Å². The number of hydrogen-bond acceptors (Lipinski definition) is 4. The summed E-state index contributed by atoms with van der Waals surface area (Å²) in [6.45, 7) is -0.400. The van der Waals surface area contributed by atoms with Gasteiger partial charge in [0.1, 0.15) is 17.6 Å². The molecule has 0 aliphatic heterocycles. The SMILES string of the molecule is COc1cc(F)c(C#N)cc1C[C@@H](O)CO. The van der Waals surface area contributed by atoms with Crippen molar-refractivity contribution in [1.29, 1.82) is 5.26 Å². The van der Waals surface area contributed by atoms with Crippen LogP contribution >= 0.6 is 0 Å². The molecule has 1 aromatic carbocycles. The van der Waals surface area contributed by atoms with E-state index in [1.165, 1.54) is 13.2 Å². The predicted octanol–water partition coefficient (Wildman–Crippen LogP) is 0.602. The van der Waals surface area contributed by atoms with Gasteiger partial charge in [-0.05, 0) is 11.6 Å². The van der Waals surface area contributed by atoms with E-state index in [1.54, 1.807) is 6.07 Å². The first-order chi connectivity index (χ1) is 7.62. The second kappa shape index (κ2) is 5.45. The Morgan fingerprint density at radius 2 is 2.25 bits per heavy atom. The van der Waals surface area contributed by atoms with E-state index in [9.17, 15) is 9.50 Å². The Kier molecular flexibility index (Phi) is 4.23. The van der Waals surface area contributed by atoms with Crippen molar-refractivity contribution in [3.8, 4) is 11.8 Å². The summed E-state index contributed by atoms with van der Waals surface area (Å²) in [5, 5.41) is 26.6. The largest absolute Gasteiger partial charge is 0.496 e. The Balaban J connectivity index is 3.10. The topological polar surface area (TPSA) is 73.5 Å². The third kappa shape index (κ3) is 2.69. The first kappa shape index (κ1) is 12.4. The number of aliphatic hydroxyl groups excluding tert-OH is 2. The standard InChI is InChI=1S/C11H12FNO3/c1-16-11-4-10(12)8(5-13)2-7(11)3-9(15)6-14/h2,4,9,14-15H,3,6H2,1H3/t9-/m1/s1. The number of aliphatic hydroxyl groups is 2. The summed E-state index contributed by atoms with van der Waals surface area (Å²) >= 11 is 0. The van der Waals surface area contributed by atoms with Gasteiger partial charge in [0.05, 0.1) is 25.4 Å². The van der Waals surface area contributed by atoms with Crippen molar-refractivity contribution in [3.05, 3.63) is 29.1 Å². The minimum absolute atomic E-state index is 0.106. The molecule has 0 spiro atoms. The third-order valence-electron chi connectivity index (χ3n) is 2.16. The van der Waals surface area contributed by atoms with Gasteiger partial charge in [-0.3, -0.25) is 0 Å². The molecule has 1 aromatic rings. The summed E-state index contributed by atoms with van der Waals surface area (Å²) in [6.07, 6.45) is -0.847. The number of nitriles is 1. The van der Waals surface area contributed by atoms with Gasteiger partial charge >= 0.3 is 0 Å². The summed E-state index contributed by atoms with van der Waals surface area (Å²) in [7, 11) is 1.37. The smallest absolute Gasteiger partial charge is 0.144 e. The Hall–Kier alpha value is -1.64. The second-order valence-electron chi connectivity index (χ2n) is 3.30. The van der Waals surface area contributed by atoms with E-state index in [2.05, 4.69) is 0 Å². The van der Waals surface area contributed by atoms with Crippen molar-refractivity contribution < 1.29 is 19.3 Å². The lowest BCUT2D eigenvalue weighted by molar-refractivity contribution is 0.0949. The third-order valence-corrected chi connectivity index (χ3v) is 2.16. The quantitative estimate of drug-likeness (QED) is 0.787. The van der Waals surface area contributed by atoms with Crippen LogP contribution in [0.15, 0.2) is 12.1 Å². The molecule has 0 unspecified atom stereocenters. The summed E-state index contributed by atoms with van der Waals surface area (Å²) in [5.74, 6) is -0.411. The van der Waals surface area contributed by atoms with Gasteiger partial charge in [0.15, 0.2) is 0 Å². The number of ether oxygens (including phenoxy) is 1. The first-order valence-corrected chi connectivity index (χ1v) is 4.67. The highest BCUT2D eigenvalue weighted by atomic mass is 19.1. The second-order valence-corrected chi connectivity index (χ2v) is 3.30. The van der Waals surface area contributed by atoms with E-state index in [1.807, 2.05) is 0 Å². The average molecular weight is 225 g/mol. The van der Waals surface area contributed by atoms with Crippen LogP contribution in [0.4, 0.5) is 4.39 Å². The molecule has 5 heteroatoms. The van der Waals surface area contributed by atoms with Crippen LogP contribution in [0.5, 0.6) is 5.75 Å². The zero-order valence-electron chi connectivity index (χ0n) is 8.77. The summed E-state index contributed by atoms with van der Waals surface area (Å²) in [4.78, 5) is 0. The molecule has 0 amide bonds. The molecule has 1 atom stereocenters. The number of benzene rings is 1. The van der Waals surface area contributed by atoms with Crippen molar-refractivity contribution >= 4 is 0 Å². The summed E-state index contributed by atoms with van der Waals surface area (Å²) in [6, 6.07) is 4.11. The van der Waals surface area contributed by atoms with Crippen LogP contribution in [0.25, 0.3) is 0 Å². The Morgan fingerprint density at radius 3 is 2.75 bits per heavy atom. The van der Waals surface area contributed by atoms with Crippen molar-refractivity contribution in [3.63, 3.8) is 0 Å². The molecular weight excluding hydrogens is 213 g/mol. The lowest BCUT2D eigenvalue weighted by atomic mass is 10.0. The molecule has 0 radical (unpaired) electrons. The van der Waals surface area contributed by atoms with Crippen LogP contribution in [0.1, 0.15) is 11.1 Å². The number of nitrogens with zero attached hydrogens (tertiary/aromatic N) is 1. The molecule has 0 heterocycles. The molecule has 0 aliphatic carbocycles. The molecule has 0 fully saturated rings. The van der Waals surface area contributed by atoms with Crippen LogP contribution in [-0.4, -0.2) is 30.0 Å². The van der Waals surface area contributed by atoms with Crippen molar-refractivity contribution in [2.45, 2.75) is 12.5 Å². The minimum Gasteiger partial charge on any atom is -0.496 e. The normalized spacial score (nSPS) is 11.9. The van der Waals surface area contributed by atoms with Gasteiger partial charge in [-0.1, -0.05) is 0 Å². The number of halogens is 1. The van der Waals surface area contributed by atoms with Crippen molar-refractivity contribution in [2.75, 3.05) is 13.7 Å². The molecule has 1 rings (SSSR count). The molecule has 2 N–H and O–H groups in total. The lowest BCUT2D eigenvalue weighted by Crippen LogP contribution is -2.16. The van der Waals surface area contributed by atoms with E-state index < -0.39 is 18.5 Å². The highest BCUT2D eigenvalue weighted by Gasteiger charge is 2.13. The highest BCUT2D eigenvalue weighted by Crippen LogP contribution is 2.23. The van der Waals surface area contributed by atoms with E-state index >= 15 is 0 Å². The zero-order valence-corrected chi connectivity index (χ0v) is 8.77. The summed E-state index contributed by atoms with van der Waals surface area (Å²) < 4.78 is 18.2. The highest BCUT2D eigenvalue weighted by molar-refractivity contribution is 5.43. The number of hydrogen-bond donors (Lipinski definition) is 2. The molecule has 16 heavy (non-hydrogen) atoms. The van der Waals surface area contributed by atoms with E-state index in [-0.39, 0.29) is 17.7 Å². The monoisotopic (exact) mass is 225 g/mol. The van der Waals surface area contributed by atoms with Crippen molar-refractivity contribution in [1.82, 2.24) is 0 Å². The fraction of sp³-hybridized carbons (Fsp3) is 0.364. The van der Waals surface area contributed by atoms with Gasteiger partial charge < -0.3 is 14.9 Å². The fourth-order valence-electron chi connectivity index (χ4n) is 1.35. The van der Waals surface area contributed by atoms with E-state index in [0.717, 1.165) is 6.07 Å². The summed E-state index contributed by atoms with van der Waals surface area (Å²) in [5.41, 5.74) is 0.378. The van der Waals surface area contributed by atoms with Crippen LogP contribution < -0.4 is 4.74 Å². The van der Waals surface area contributed by atoms with Crippen LogP contribution in [-0.2, 0) is 6.42 Å². The van der Waals surface area contributed by atoms with Crippen LogP contribution in [0.2, 0.25) is 0 Å². The first-order valence-electron chi connectivity index (χ1n) is 4.67. The van der Waals surface area contributed by atoms with Gasteiger partial charge in [0.25, 0.3) is 0 Å². The van der Waals surface area contributed by atoms with Crippen LogP contribution in [0.3, 0.4) is 0 Å². The Labute approximate surface area is 92.5 Å². The van der Waals surface area contributed by atoms with E-state index in [4.69, 9.17) is 15.1 Å². The Morgan fingerprint density at radius 1 is 1.56 bits per heavy atom. The lowest BCUT2D eigenvalue weighted by Gasteiger charge is -2.12.